The Morgan fingerprint density at radius 1 is 1.00 bits per heavy atom. The third-order valence-electron chi connectivity index (χ3n) is 5.60. The van der Waals surface area contributed by atoms with Gasteiger partial charge in [-0.3, -0.25) is 9.59 Å². The van der Waals surface area contributed by atoms with E-state index in [-0.39, 0.29) is 29.5 Å². The van der Waals surface area contributed by atoms with Crippen LogP contribution in [-0.2, 0) is 11.8 Å². The smallest absolute Gasteiger partial charge is 0.251 e. The van der Waals surface area contributed by atoms with E-state index < -0.39 is 0 Å². The molecule has 9 heteroatoms. The second kappa shape index (κ2) is 10.9. The Morgan fingerprint density at radius 2 is 1.71 bits per heavy atom. The highest BCUT2D eigenvalue weighted by atomic mass is 35.5. The number of nitrogens with one attached hydrogen (secondary N) is 2. The van der Waals surface area contributed by atoms with Crippen LogP contribution in [0.3, 0.4) is 0 Å². The number of halogens is 1. The Labute approximate surface area is 213 Å². The summed E-state index contributed by atoms with van der Waals surface area (Å²) < 4.78 is 1.82. The van der Waals surface area contributed by atoms with Crippen LogP contribution in [0.2, 0.25) is 5.02 Å². The molecular formula is C26H26ClN5O2S. The number of carbonyl (C=O) groups is 2. The van der Waals surface area contributed by atoms with E-state index >= 15 is 0 Å². The fourth-order valence-corrected chi connectivity index (χ4v) is 4.57. The summed E-state index contributed by atoms with van der Waals surface area (Å²) in [5.74, 6) is 0.527. The van der Waals surface area contributed by atoms with Gasteiger partial charge in [0, 0.05) is 28.7 Å². The van der Waals surface area contributed by atoms with Crippen LogP contribution in [0.4, 0.5) is 5.69 Å². The first-order chi connectivity index (χ1) is 16.8. The van der Waals surface area contributed by atoms with Crippen LogP contribution >= 0.6 is 23.4 Å². The van der Waals surface area contributed by atoms with E-state index in [0.717, 1.165) is 16.5 Å². The number of benzene rings is 3. The normalized spacial score (nSPS) is 12.0. The monoisotopic (exact) mass is 507 g/mol. The van der Waals surface area contributed by atoms with E-state index in [4.69, 9.17) is 11.6 Å². The van der Waals surface area contributed by atoms with Crippen LogP contribution in [0.15, 0.2) is 71.9 Å². The Kier molecular flexibility index (Phi) is 7.73. The summed E-state index contributed by atoms with van der Waals surface area (Å²) in [6.07, 6.45) is 0. The predicted molar refractivity (Wildman–Crippen MR) is 141 cm³/mol. The van der Waals surface area contributed by atoms with Crippen LogP contribution in [0.5, 0.6) is 0 Å². The summed E-state index contributed by atoms with van der Waals surface area (Å²) in [5.41, 5.74) is 1.29. The van der Waals surface area contributed by atoms with Crippen molar-refractivity contribution in [1.29, 1.82) is 0 Å². The zero-order chi connectivity index (χ0) is 24.9. The van der Waals surface area contributed by atoms with Gasteiger partial charge in [0.15, 0.2) is 11.0 Å². The lowest BCUT2D eigenvalue weighted by Crippen LogP contribution is -2.33. The molecule has 1 atom stereocenters. The van der Waals surface area contributed by atoms with E-state index in [1.54, 1.807) is 24.3 Å². The van der Waals surface area contributed by atoms with E-state index in [0.29, 0.717) is 21.6 Å². The molecule has 3 aromatic carbocycles. The maximum atomic E-state index is 12.8. The van der Waals surface area contributed by atoms with Gasteiger partial charge in [-0.05, 0) is 41.6 Å². The average Bonchev–Trinajstić information content (AvgIpc) is 3.21. The Morgan fingerprint density at radius 3 is 2.46 bits per heavy atom. The van der Waals surface area contributed by atoms with Crippen molar-refractivity contribution in [2.24, 2.45) is 13.0 Å². The number of amides is 2. The Balaban J connectivity index is 1.42. The number of rotatable bonds is 8. The fourth-order valence-electron chi connectivity index (χ4n) is 3.73. The molecule has 1 aromatic heterocycles. The molecule has 0 fully saturated rings. The average molecular weight is 508 g/mol. The van der Waals surface area contributed by atoms with Gasteiger partial charge >= 0.3 is 0 Å². The van der Waals surface area contributed by atoms with Crippen LogP contribution in [0.1, 0.15) is 36.1 Å². The van der Waals surface area contributed by atoms with Crippen molar-refractivity contribution in [3.05, 3.63) is 83.1 Å². The molecule has 0 spiro atoms. The number of hydrogen-bond acceptors (Lipinski definition) is 5. The molecule has 180 valence electrons. The van der Waals surface area contributed by atoms with E-state index in [1.807, 2.05) is 67.9 Å². The number of anilines is 1. The first-order valence-electron chi connectivity index (χ1n) is 11.2. The van der Waals surface area contributed by atoms with Crippen molar-refractivity contribution in [2.45, 2.75) is 25.0 Å². The van der Waals surface area contributed by atoms with Gasteiger partial charge in [0.1, 0.15) is 0 Å². The first kappa shape index (κ1) is 24.8. The Hall–Kier alpha value is -3.36. The lowest BCUT2D eigenvalue weighted by molar-refractivity contribution is -0.113. The Bertz CT molecular complexity index is 1350. The molecule has 0 aliphatic heterocycles. The van der Waals surface area contributed by atoms with Crippen LogP contribution in [0, 0.1) is 5.92 Å². The zero-order valence-corrected chi connectivity index (χ0v) is 21.2. The molecule has 0 saturated carbocycles. The maximum absolute atomic E-state index is 12.8. The van der Waals surface area contributed by atoms with Crippen LogP contribution in [-0.4, -0.2) is 32.3 Å². The van der Waals surface area contributed by atoms with Gasteiger partial charge in [-0.15, -0.1) is 10.2 Å². The number of aromatic nitrogens is 3. The van der Waals surface area contributed by atoms with Gasteiger partial charge in [-0.1, -0.05) is 73.6 Å². The number of nitrogens with zero attached hydrogens (tertiary/aromatic N) is 3. The van der Waals surface area contributed by atoms with E-state index in [1.165, 1.54) is 11.8 Å². The van der Waals surface area contributed by atoms with Crippen LogP contribution < -0.4 is 10.6 Å². The van der Waals surface area contributed by atoms with Crippen molar-refractivity contribution in [1.82, 2.24) is 20.1 Å². The van der Waals surface area contributed by atoms with Crippen molar-refractivity contribution < 1.29 is 9.59 Å². The zero-order valence-electron chi connectivity index (χ0n) is 19.7. The van der Waals surface area contributed by atoms with Gasteiger partial charge in [-0.2, -0.15) is 0 Å². The van der Waals surface area contributed by atoms with Crippen molar-refractivity contribution >= 4 is 51.6 Å². The molecule has 0 aliphatic rings. The summed E-state index contributed by atoms with van der Waals surface area (Å²) in [6.45, 7) is 4.01. The van der Waals surface area contributed by atoms with Crippen molar-refractivity contribution in [3.63, 3.8) is 0 Å². The third kappa shape index (κ3) is 5.83. The molecule has 2 N–H and O–H groups in total. The summed E-state index contributed by atoms with van der Waals surface area (Å²) in [7, 11) is 1.84. The lowest BCUT2D eigenvalue weighted by atomic mass is 10.0. The minimum Gasteiger partial charge on any atom is -0.342 e. The molecule has 0 unspecified atom stereocenters. The molecule has 0 bridgehead atoms. The molecular weight excluding hydrogens is 482 g/mol. The number of carbonyl (C=O) groups excluding carboxylic acids is 2. The molecule has 4 aromatic rings. The molecule has 7 nitrogen and oxygen atoms in total. The quantitative estimate of drug-likeness (QED) is 0.308. The van der Waals surface area contributed by atoms with E-state index in [2.05, 4.69) is 20.8 Å². The summed E-state index contributed by atoms with van der Waals surface area (Å²) >= 11 is 7.23. The minimum atomic E-state index is -0.352. The lowest BCUT2D eigenvalue weighted by Gasteiger charge is -2.21. The van der Waals surface area contributed by atoms with Gasteiger partial charge in [0.05, 0.1) is 11.8 Å². The van der Waals surface area contributed by atoms with Gasteiger partial charge in [0.2, 0.25) is 5.91 Å². The highest BCUT2D eigenvalue weighted by Gasteiger charge is 2.25. The topological polar surface area (TPSA) is 88.9 Å². The van der Waals surface area contributed by atoms with Gasteiger partial charge in [-0.25, -0.2) is 0 Å². The number of hydrogen-bond donors (Lipinski definition) is 2. The van der Waals surface area contributed by atoms with Crippen molar-refractivity contribution in [3.8, 4) is 0 Å². The standard InChI is InChI=1S/C26H26ClN5O2S/c1-16(2)23(29-25(34)18-11-13-19(27)14-12-18)24-30-31-26(32(24)3)35-15-22(33)28-21-10-6-8-17-7-4-5-9-20(17)21/h4-14,16,23H,15H2,1-3H3,(H,28,33)(H,29,34)/t23-/m1/s1. The number of fused-ring (bicyclic) bond motifs is 1. The second-order valence-electron chi connectivity index (χ2n) is 8.47. The van der Waals surface area contributed by atoms with Crippen molar-refractivity contribution in [2.75, 3.05) is 11.1 Å². The second-order valence-corrected chi connectivity index (χ2v) is 9.84. The van der Waals surface area contributed by atoms with Crippen LogP contribution in [0.25, 0.3) is 10.8 Å². The fraction of sp³-hybridized carbons (Fsp3) is 0.231. The third-order valence-corrected chi connectivity index (χ3v) is 6.87. The molecule has 4 rings (SSSR count). The highest BCUT2D eigenvalue weighted by Crippen LogP contribution is 2.26. The first-order valence-corrected chi connectivity index (χ1v) is 12.6. The maximum Gasteiger partial charge on any atom is 0.251 e. The summed E-state index contributed by atoms with van der Waals surface area (Å²) in [4.78, 5) is 25.4. The SMILES string of the molecule is CC(C)[C@@H](NC(=O)c1ccc(Cl)cc1)c1nnc(SCC(=O)Nc2cccc3ccccc23)n1C. The molecule has 0 saturated heterocycles. The van der Waals surface area contributed by atoms with Gasteiger partial charge < -0.3 is 15.2 Å². The largest absolute Gasteiger partial charge is 0.342 e. The molecule has 0 radical (unpaired) electrons. The molecule has 35 heavy (non-hydrogen) atoms. The van der Waals surface area contributed by atoms with Gasteiger partial charge in [0.25, 0.3) is 5.91 Å². The number of thioether (sulfide) groups is 1. The molecule has 1 heterocycles. The highest BCUT2D eigenvalue weighted by molar-refractivity contribution is 7.99. The predicted octanol–water partition coefficient (Wildman–Crippen LogP) is 5.48. The minimum absolute atomic E-state index is 0.0710. The summed E-state index contributed by atoms with van der Waals surface area (Å²) in [6, 6.07) is 20.1. The molecule has 0 aliphatic carbocycles. The summed E-state index contributed by atoms with van der Waals surface area (Å²) in [5, 5.41) is 17.8. The molecule has 2 amide bonds. The van der Waals surface area contributed by atoms with E-state index in [9.17, 15) is 9.59 Å².